The zero-order valence-electron chi connectivity index (χ0n) is 14.2. The molecule has 27 heavy (non-hydrogen) atoms. The van der Waals surface area contributed by atoms with Crippen LogP contribution in [0.15, 0.2) is 53.0 Å². The number of nitrogens with one attached hydrogen (secondary N) is 1. The van der Waals surface area contributed by atoms with Gasteiger partial charge in [0.25, 0.3) is 0 Å². The Labute approximate surface area is 153 Å². The minimum absolute atomic E-state index is 0.00757. The lowest BCUT2D eigenvalue weighted by Gasteiger charge is -2.07. The lowest BCUT2D eigenvalue weighted by Crippen LogP contribution is -2.07. The number of alkyl halides is 2. The van der Waals surface area contributed by atoms with E-state index in [1.54, 1.807) is 36.4 Å². The summed E-state index contributed by atoms with van der Waals surface area (Å²) in [6, 6.07) is 11.5. The third kappa shape index (κ3) is 4.13. The molecule has 1 aliphatic carbocycles. The molecule has 1 aromatic heterocycles. The molecule has 1 heterocycles. The summed E-state index contributed by atoms with van der Waals surface area (Å²) in [4.78, 5) is 16.6. The first-order chi connectivity index (χ1) is 13.1. The molecular weight excluding hydrogens is 354 g/mol. The predicted octanol–water partition coefficient (Wildman–Crippen LogP) is 4.96. The van der Waals surface area contributed by atoms with Crippen molar-refractivity contribution in [2.75, 3.05) is 5.32 Å². The Morgan fingerprint density at radius 1 is 1.26 bits per heavy atom. The lowest BCUT2D eigenvalue weighted by molar-refractivity contribution is -0.111. The van der Waals surface area contributed by atoms with Crippen molar-refractivity contribution in [2.45, 2.75) is 25.4 Å². The largest absolute Gasteiger partial charge is 0.440 e. The molecule has 4 rings (SSSR count). The van der Waals surface area contributed by atoms with Crippen LogP contribution in [-0.2, 0) is 4.79 Å². The van der Waals surface area contributed by atoms with E-state index in [4.69, 9.17) is 4.42 Å². The zero-order valence-corrected chi connectivity index (χ0v) is 14.2. The molecule has 3 aromatic rings. The second kappa shape index (κ2) is 7.19. The average Bonchev–Trinajstić information content (AvgIpc) is 3.40. The normalized spacial score (nSPS) is 14.2. The minimum Gasteiger partial charge on any atom is -0.440 e. The molecule has 0 bridgehead atoms. The molecule has 2 aromatic carbocycles. The van der Waals surface area contributed by atoms with E-state index < -0.39 is 12.5 Å². The van der Waals surface area contributed by atoms with Crippen LogP contribution >= 0.6 is 0 Å². The number of fused-ring (bicyclic) bond motifs is 1. The van der Waals surface area contributed by atoms with E-state index in [0.717, 1.165) is 18.7 Å². The second-order valence-electron chi connectivity index (χ2n) is 6.25. The molecule has 0 radical (unpaired) electrons. The van der Waals surface area contributed by atoms with Gasteiger partial charge in [0.15, 0.2) is 11.5 Å². The van der Waals surface area contributed by atoms with Gasteiger partial charge in [0.1, 0.15) is 11.3 Å². The van der Waals surface area contributed by atoms with Crippen LogP contribution < -0.4 is 10.1 Å². The topological polar surface area (TPSA) is 64.4 Å². The maximum Gasteiger partial charge on any atom is 0.387 e. The number of carbonyl (C=O) groups is 1. The van der Waals surface area contributed by atoms with E-state index in [-0.39, 0.29) is 5.75 Å². The highest BCUT2D eigenvalue weighted by Gasteiger charge is 2.28. The van der Waals surface area contributed by atoms with E-state index in [2.05, 4.69) is 15.0 Å². The second-order valence-corrected chi connectivity index (χ2v) is 6.25. The van der Waals surface area contributed by atoms with E-state index in [1.807, 2.05) is 0 Å². The molecule has 1 aliphatic rings. The maximum absolute atomic E-state index is 12.4. The van der Waals surface area contributed by atoms with Crippen molar-refractivity contribution in [1.82, 2.24) is 4.98 Å². The average molecular weight is 370 g/mol. The van der Waals surface area contributed by atoms with Crippen molar-refractivity contribution in [3.63, 3.8) is 0 Å². The summed E-state index contributed by atoms with van der Waals surface area (Å²) in [5.41, 5.74) is 2.33. The fraction of sp³-hybridized carbons (Fsp3) is 0.200. The van der Waals surface area contributed by atoms with Crippen LogP contribution in [0.1, 0.15) is 30.2 Å². The molecule has 1 amide bonds. The van der Waals surface area contributed by atoms with Crippen LogP contribution in [0.3, 0.4) is 0 Å². The molecule has 1 fully saturated rings. The third-order valence-electron chi connectivity index (χ3n) is 4.15. The zero-order chi connectivity index (χ0) is 18.8. The first-order valence-corrected chi connectivity index (χ1v) is 8.52. The van der Waals surface area contributed by atoms with Crippen LogP contribution in [0.5, 0.6) is 5.75 Å². The van der Waals surface area contributed by atoms with Gasteiger partial charge in [-0.15, -0.1) is 0 Å². The fourth-order valence-electron chi connectivity index (χ4n) is 2.70. The highest BCUT2D eigenvalue weighted by Crippen LogP contribution is 2.40. The summed E-state index contributed by atoms with van der Waals surface area (Å²) in [5, 5.41) is 2.72. The van der Waals surface area contributed by atoms with Crippen molar-refractivity contribution < 1.29 is 22.7 Å². The number of aromatic nitrogens is 1. The molecule has 138 valence electrons. The number of carbonyl (C=O) groups excluding carboxylic acids is 1. The highest BCUT2D eigenvalue weighted by atomic mass is 19.3. The lowest BCUT2D eigenvalue weighted by atomic mass is 10.2. The molecule has 0 aliphatic heterocycles. The van der Waals surface area contributed by atoms with Gasteiger partial charge in [0.05, 0.1) is 0 Å². The number of rotatable bonds is 6. The molecule has 0 saturated heterocycles. The van der Waals surface area contributed by atoms with E-state index in [0.29, 0.717) is 28.3 Å². The molecule has 0 atom stereocenters. The first-order valence-electron chi connectivity index (χ1n) is 8.52. The Bertz CT molecular complexity index is 1010. The van der Waals surface area contributed by atoms with Gasteiger partial charge in [-0.05, 0) is 43.2 Å². The van der Waals surface area contributed by atoms with Crippen molar-refractivity contribution in [2.24, 2.45) is 0 Å². The van der Waals surface area contributed by atoms with Gasteiger partial charge in [-0.3, -0.25) is 4.79 Å². The molecule has 0 spiro atoms. The van der Waals surface area contributed by atoms with E-state index in [9.17, 15) is 13.6 Å². The number of ether oxygens (including phenoxy) is 1. The van der Waals surface area contributed by atoms with Crippen molar-refractivity contribution in [3.8, 4) is 5.75 Å². The number of halogens is 2. The summed E-state index contributed by atoms with van der Waals surface area (Å²) in [6.45, 7) is -2.93. The van der Waals surface area contributed by atoms with Gasteiger partial charge in [0, 0.05) is 23.2 Å². The van der Waals surface area contributed by atoms with Crippen LogP contribution in [0, 0.1) is 0 Å². The predicted molar refractivity (Wildman–Crippen MR) is 96.7 cm³/mol. The molecular formula is C20H16F2N2O3. The Morgan fingerprint density at radius 3 is 2.85 bits per heavy atom. The summed E-state index contributed by atoms with van der Waals surface area (Å²) >= 11 is 0. The van der Waals surface area contributed by atoms with Gasteiger partial charge in [-0.25, -0.2) is 4.98 Å². The van der Waals surface area contributed by atoms with E-state index >= 15 is 0 Å². The minimum atomic E-state index is -2.93. The summed E-state index contributed by atoms with van der Waals surface area (Å²) < 4.78 is 35.0. The number of anilines is 1. The Balaban J connectivity index is 1.46. The van der Waals surface area contributed by atoms with Crippen LogP contribution in [0.2, 0.25) is 0 Å². The molecule has 1 saturated carbocycles. The molecule has 7 heteroatoms. The van der Waals surface area contributed by atoms with Gasteiger partial charge < -0.3 is 14.5 Å². The van der Waals surface area contributed by atoms with Gasteiger partial charge >= 0.3 is 6.61 Å². The third-order valence-corrected chi connectivity index (χ3v) is 4.15. The van der Waals surface area contributed by atoms with Crippen LogP contribution in [0.4, 0.5) is 14.5 Å². The van der Waals surface area contributed by atoms with Gasteiger partial charge in [0.2, 0.25) is 5.91 Å². The van der Waals surface area contributed by atoms with Gasteiger partial charge in [-0.2, -0.15) is 8.78 Å². The summed E-state index contributed by atoms with van der Waals surface area (Å²) in [5.74, 6) is 0.762. The molecule has 0 unspecified atom stereocenters. The maximum atomic E-state index is 12.4. The first kappa shape index (κ1) is 17.2. The number of hydrogen-bond acceptors (Lipinski definition) is 4. The number of nitrogens with zero attached hydrogens (tertiary/aromatic N) is 1. The van der Waals surface area contributed by atoms with Crippen molar-refractivity contribution >= 4 is 28.8 Å². The van der Waals surface area contributed by atoms with E-state index in [1.165, 1.54) is 18.2 Å². The number of para-hydroxylation sites is 1. The Morgan fingerprint density at radius 2 is 2.07 bits per heavy atom. The van der Waals surface area contributed by atoms with Crippen LogP contribution in [-0.4, -0.2) is 17.5 Å². The smallest absolute Gasteiger partial charge is 0.387 e. The SMILES string of the molecule is O=C(/C=C/c1ccccc1OC(F)F)Nc1ccc2oc(C3CC3)nc2c1. The number of oxazole rings is 1. The summed E-state index contributed by atoms with van der Waals surface area (Å²) in [6.07, 6.45) is 4.87. The van der Waals surface area contributed by atoms with Crippen LogP contribution in [0.25, 0.3) is 17.2 Å². The van der Waals surface area contributed by atoms with Gasteiger partial charge in [-0.1, -0.05) is 18.2 Å². The quantitative estimate of drug-likeness (QED) is 0.623. The Hall–Kier alpha value is -3.22. The van der Waals surface area contributed by atoms with Crippen molar-refractivity contribution in [1.29, 1.82) is 0 Å². The highest BCUT2D eigenvalue weighted by molar-refractivity contribution is 6.02. The number of amides is 1. The monoisotopic (exact) mass is 370 g/mol. The number of benzene rings is 2. The standard InChI is InChI=1S/C20H16F2N2O3/c21-20(22)27-16-4-2-1-3-12(16)7-10-18(25)23-14-8-9-17-15(11-14)24-19(26-17)13-5-6-13/h1-4,7-11,13,20H,5-6H2,(H,23,25)/b10-7+. The Kier molecular flexibility index (Phi) is 4.58. The fourth-order valence-corrected chi connectivity index (χ4v) is 2.70. The molecule has 1 N–H and O–H groups in total. The summed E-state index contributed by atoms with van der Waals surface area (Å²) in [7, 11) is 0. The molecule has 5 nitrogen and oxygen atoms in total. The van der Waals surface area contributed by atoms with Crippen molar-refractivity contribution in [3.05, 3.63) is 60.0 Å². The number of hydrogen-bond donors (Lipinski definition) is 1.